The summed E-state index contributed by atoms with van der Waals surface area (Å²) in [5.41, 5.74) is 2.46. The van der Waals surface area contributed by atoms with Crippen LogP contribution in [-0.2, 0) is 32.0 Å². The summed E-state index contributed by atoms with van der Waals surface area (Å²) in [6.45, 7) is 2.42. The molecule has 0 spiro atoms. The normalized spacial score (nSPS) is 20.8. The SMILES string of the molecule is COC1COCC1Nc1cc(NC(=O)N2CCCc3cc(CN4CCOCC4=O)c(C=O)nc32)ncc1C#N. The number of nitriles is 1. The summed E-state index contributed by atoms with van der Waals surface area (Å²) in [6.07, 6.45) is 3.25. The van der Waals surface area contributed by atoms with E-state index in [1.807, 2.05) is 6.07 Å². The molecule has 39 heavy (non-hydrogen) atoms. The van der Waals surface area contributed by atoms with Crippen LogP contribution in [0.5, 0.6) is 0 Å². The van der Waals surface area contributed by atoms with Crippen molar-refractivity contribution in [3.8, 4) is 6.07 Å². The van der Waals surface area contributed by atoms with Crippen molar-refractivity contribution in [2.45, 2.75) is 31.5 Å². The van der Waals surface area contributed by atoms with E-state index in [4.69, 9.17) is 14.2 Å². The van der Waals surface area contributed by atoms with Gasteiger partial charge in [0.05, 0.1) is 37.1 Å². The van der Waals surface area contributed by atoms with Crippen LogP contribution in [0.15, 0.2) is 18.3 Å². The lowest BCUT2D eigenvalue weighted by atomic mass is 10.0. The van der Waals surface area contributed by atoms with Crippen LogP contribution in [0.1, 0.15) is 33.6 Å². The number of ether oxygens (including phenoxy) is 3. The molecule has 2 atom stereocenters. The van der Waals surface area contributed by atoms with Crippen LogP contribution in [0, 0.1) is 11.3 Å². The molecular weight excluding hydrogens is 506 g/mol. The van der Waals surface area contributed by atoms with Crippen LogP contribution in [0.4, 0.5) is 22.1 Å². The predicted octanol–water partition coefficient (Wildman–Crippen LogP) is 1.33. The van der Waals surface area contributed by atoms with E-state index >= 15 is 0 Å². The maximum atomic E-state index is 13.3. The highest BCUT2D eigenvalue weighted by atomic mass is 16.5. The van der Waals surface area contributed by atoms with Gasteiger partial charge >= 0.3 is 6.03 Å². The summed E-state index contributed by atoms with van der Waals surface area (Å²) in [5, 5.41) is 15.6. The van der Waals surface area contributed by atoms with Crippen LogP contribution >= 0.6 is 0 Å². The minimum Gasteiger partial charge on any atom is -0.377 e. The Bertz CT molecular complexity index is 1310. The predicted molar refractivity (Wildman–Crippen MR) is 139 cm³/mol. The Hall–Kier alpha value is -4.12. The first-order valence-corrected chi connectivity index (χ1v) is 12.7. The van der Waals surface area contributed by atoms with Gasteiger partial charge in [0.2, 0.25) is 5.91 Å². The van der Waals surface area contributed by atoms with Gasteiger partial charge in [-0.15, -0.1) is 0 Å². The third kappa shape index (κ3) is 5.68. The fraction of sp³-hybridized carbons (Fsp3) is 0.462. The zero-order valence-electron chi connectivity index (χ0n) is 21.5. The molecule has 2 fully saturated rings. The van der Waals surface area contributed by atoms with Gasteiger partial charge in [-0.25, -0.2) is 14.8 Å². The topological polar surface area (TPSA) is 159 Å². The van der Waals surface area contributed by atoms with Crippen molar-refractivity contribution < 1.29 is 28.6 Å². The van der Waals surface area contributed by atoms with E-state index in [-0.39, 0.29) is 42.7 Å². The van der Waals surface area contributed by atoms with Crippen molar-refractivity contribution in [1.29, 1.82) is 5.26 Å². The first kappa shape index (κ1) is 26.5. The highest BCUT2D eigenvalue weighted by molar-refractivity contribution is 6.02. The number of carbonyl (C=O) groups excluding carboxylic acids is 3. The lowest BCUT2D eigenvalue weighted by Gasteiger charge is -2.31. The van der Waals surface area contributed by atoms with Gasteiger partial charge in [0.25, 0.3) is 0 Å². The molecule has 13 heteroatoms. The number of fused-ring (bicyclic) bond motifs is 1. The van der Waals surface area contributed by atoms with Gasteiger partial charge < -0.3 is 24.4 Å². The van der Waals surface area contributed by atoms with E-state index in [1.54, 1.807) is 18.1 Å². The molecule has 204 valence electrons. The number of nitrogens with zero attached hydrogens (tertiary/aromatic N) is 5. The Morgan fingerprint density at radius 1 is 1.31 bits per heavy atom. The minimum absolute atomic E-state index is 0.0186. The van der Waals surface area contributed by atoms with Gasteiger partial charge in [0.15, 0.2) is 6.29 Å². The zero-order valence-corrected chi connectivity index (χ0v) is 21.5. The second-order valence-corrected chi connectivity index (χ2v) is 9.48. The largest absolute Gasteiger partial charge is 0.377 e. The molecule has 2 saturated heterocycles. The number of pyridine rings is 2. The summed E-state index contributed by atoms with van der Waals surface area (Å²) in [5.74, 6) is 0.509. The molecule has 2 unspecified atom stereocenters. The molecule has 3 amide bonds. The molecular formula is C26H29N7O6. The van der Waals surface area contributed by atoms with Gasteiger partial charge in [0.1, 0.15) is 36.1 Å². The van der Waals surface area contributed by atoms with Crippen LogP contribution in [0.25, 0.3) is 0 Å². The maximum Gasteiger partial charge on any atom is 0.328 e. The summed E-state index contributed by atoms with van der Waals surface area (Å²) in [4.78, 5) is 49.3. The van der Waals surface area contributed by atoms with Crippen LogP contribution < -0.4 is 15.5 Å². The summed E-state index contributed by atoms with van der Waals surface area (Å²) >= 11 is 0. The summed E-state index contributed by atoms with van der Waals surface area (Å²) in [7, 11) is 1.60. The van der Waals surface area contributed by atoms with Gasteiger partial charge in [-0.2, -0.15) is 5.26 Å². The van der Waals surface area contributed by atoms with E-state index < -0.39 is 6.03 Å². The standard InChI is InChI=1S/C26H29N7O6/c1-37-22-14-39-13-21(22)29-19-8-23(28-10-18(19)9-27)31-26(36)33-4-2-3-16-7-17(20(12-34)30-25(16)33)11-32-5-6-38-15-24(32)35/h7-8,10,12,21-22H,2-6,11,13-15H2,1H3,(H2,28,29,31,36). The number of aldehydes is 1. The van der Waals surface area contributed by atoms with Gasteiger partial charge in [-0.3, -0.25) is 19.8 Å². The van der Waals surface area contributed by atoms with Crippen molar-refractivity contribution >= 4 is 35.5 Å². The van der Waals surface area contributed by atoms with Crippen LogP contribution in [0.3, 0.4) is 0 Å². The number of morpholine rings is 1. The number of aryl methyl sites for hydroxylation is 1. The fourth-order valence-corrected chi connectivity index (χ4v) is 4.92. The molecule has 0 aliphatic carbocycles. The monoisotopic (exact) mass is 535 g/mol. The van der Waals surface area contributed by atoms with E-state index in [2.05, 4.69) is 26.7 Å². The van der Waals surface area contributed by atoms with Crippen molar-refractivity contribution in [3.05, 3.63) is 40.7 Å². The summed E-state index contributed by atoms with van der Waals surface area (Å²) in [6, 6.07) is 4.94. The molecule has 5 heterocycles. The lowest BCUT2D eigenvalue weighted by Crippen LogP contribution is -2.42. The van der Waals surface area contributed by atoms with Crippen molar-refractivity contribution in [1.82, 2.24) is 14.9 Å². The van der Waals surface area contributed by atoms with E-state index in [1.165, 1.54) is 11.1 Å². The quantitative estimate of drug-likeness (QED) is 0.495. The third-order valence-corrected chi connectivity index (χ3v) is 7.01. The number of anilines is 3. The Morgan fingerprint density at radius 2 is 2.18 bits per heavy atom. The fourth-order valence-electron chi connectivity index (χ4n) is 4.92. The van der Waals surface area contributed by atoms with Gasteiger partial charge in [0, 0.05) is 44.6 Å². The smallest absolute Gasteiger partial charge is 0.328 e. The van der Waals surface area contributed by atoms with E-state index in [0.29, 0.717) is 74.7 Å². The Kier molecular flexibility index (Phi) is 7.97. The number of rotatable bonds is 7. The number of hydrogen-bond acceptors (Lipinski definition) is 10. The average Bonchev–Trinajstić information content (AvgIpc) is 3.40. The van der Waals surface area contributed by atoms with Crippen molar-refractivity contribution in [2.24, 2.45) is 0 Å². The Balaban J connectivity index is 1.35. The number of methoxy groups -OCH3 is 1. The number of carbonyl (C=O) groups is 3. The molecule has 2 aromatic heterocycles. The second-order valence-electron chi connectivity index (χ2n) is 9.48. The first-order chi connectivity index (χ1) is 19.0. The zero-order chi connectivity index (χ0) is 27.4. The molecule has 0 aromatic carbocycles. The van der Waals surface area contributed by atoms with Gasteiger partial charge in [-0.05, 0) is 24.5 Å². The molecule has 5 rings (SSSR count). The minimum atomic E-state index is -0.460. The first-order valence-electron chi connectivity index (χ1n) is 12.7. The number of aromatic nitrogens is 2. The molecule has 0 saturated carbocycles. The second kappa shape index (κ2) is 11.7. The molecule has 0 bridgehead atoms. The molecule has 3 aliphatic heterocycles. The number of nitrogens with one attached hydrogen (secondary N) is 2. The van der Waals surface area contributed by atoms with Crippen molar-refractivity contribution in [3.63, 3.8) is 0 Å². The van der Waals surface area contributed by atoms with E-state index in [0.717, 1.165) is 5.56 Å². The number of hydrogen-bond donors (Lipinski definition) is 2. The average molecular weight is 536 g/mol. The highest BCUT2D eigenvalue weighted by Gasteiger charge is 2.30. The number of urea groups is 1. The molecule has 3 aliphatic rings. The van der Waals surface area contributed by atoms with Crippen LogP contribution in [0.2, 0.25) is 0 Å². The Labute approximate surface area is 225 Å². The van der Waals surface area contributed by atoms with Crippen LogP contribution in [-0.4, -0.2) is 91.9 Å². The number of amides is 3. The molecule has 13 nitrogen and oxygen atoms in total. The lowest BCUT2D eigenvalue weighted by molar-refractivity contribution is -0.143. The maximum absolute atomic E-state index is 13.3. The van der Waals surface area contributed by atoms with E-state index in [9.17, 15) is 19.6 Å². The van der Waals surface area contributed by atoms with Crippen molar-refractivity contribution in [2.75, 3.05) is 62.2 Å². The molecule has 0 radical (unpaired) electrons. The highest BCUT2D eigenvalue weighted by Crippen LogP contribution is 2.29. The third-order valence-electron chi connectivity index (χ3n) is 7.01. The summed E-state index contributed by atoms with van der Waals surface area (Å²) < 4.78 is 16.1. The molecule has 2 aromatic rings. The molecule has 2 N–H and O–H groups in total. The Morgan fingerprint density at radius 3 is 2.95 bits per heavy atom. The van der Waals surface area contributed by atoms with Gasteiger partial charge in [-0.1, -0.05) is 0 Å².